The van der Waals surface area contributed by atoms with Crippen molar-refractivity contribution in [3.05, 3.63) is 0 Å². The van der Waals surface area contributed by atoms with Crippen LogP contribution in [0.15, 0.2) is 0 Å². The molecule has 0 heterocycles. The quantitative estimate of drug-likeness (QED) is 0.591. The van der Waals surface area contributed by atoms with Gasteiger partial charge in [0.2, 0.25) is 0 Å². The van der Waals surface area contributed by atoms with Crippen molar-refractivity contribution in [2.24, 2.45) is 16.7 Å². The Morgan fingerprint density at radius 3 is 1.77 bits per heavy atom. The van der Waals surface area contributed by atoms with Gasteiger partial charge in [-0.15, -0.1) is 0 Å². The van der Waals surface area contributed by atoms with Crippen LogP contribution in [-0.4, -0.2) is 0 Å². The van der Waals surface area contributed by atoms with Crippen LogP contribution in [0.3, 0.4) is 0 Å². The van der Waals surface area contributed by atoms with E-state index < -0.39 is 0 Å². The highest BCUT2D eigenvalue weighted by Crippen LogP contribution is 2.58. The zero-order chi connectivity index (χ0) is 9.53. The van der Waals surface area contributed by atoms with Crippen LogP contribution in [0.4, 0.5) is 0 Å². The Bertz CT molecular complexity index is 166. The van der Waals surface area contributed by atoms with Crippen LogP contribution >= 0.6 is 0 Å². The molecule has 0 atom stereocenters. The maximum Gasteiger partial charge on any atom is -0.0294 e. The molecule has 0 aliphatic heterocycles. The zero-order valence-corrected chi connectivity index (χ0v) is 9.53. The van der Waals surface area contributed by atoms with E-state index in [1.54, 1.807) is 0 Å². The predicted octanol–water partition coefficient (Wildman–Crippen LogP) is 4.39. The summed E-state index contributed by atoms with van der Waals surface area (Å²) in [5.74, 6) is 0.905. The summed E-state index contributed by atoms with van der Waals surface area (Å²) in [4.78, 5) is 0. The molecule has 3 rings (SSSR count). The third-order valence-electron chi connectivity index (χ3n) is 4.62. The van der Waals surface area contributed by atoms with Gasteiger partial charge in [0.15, 0.2) is 0 Å². The highest BCUT2D eigenvalue weighted by Gasteiger charge is 2.45. The van der Waals surface area contributed by atoms with Crippen molar-refractivity contribution in [2.75, 3.05) is 0 Å². The molecule has 0 radical (unpaired) electrons. The van der Waals surface area contributed by atoms with E-state index in [0.717, 1.165) is 16.7 Å². The standard InChI is InChI=1S/C13H24/c1-11(2)10-13-7-4-12(3,5-8-13)6-9-13/h11H,4-10H2,1-3H3. The van der Waals surface area contributed by atoms with Gasteiger partial charge in [0.25, 0.3) is 0 Å². The fraction of sp³-hybridized carbons (Fsp3) is 1.00. The largest absolute Gasteiger partial charge is 0.0628 e. The predicted molar refractivity (Wildman–Crippen MR) is 57.7 cm³/mol. The molecule has 0 spiro atoms. The molecule has 3 aliphatic carbocycles. The Balaban J connectivity index is 2.03. The van der Waals surface area contributed by atoms with Gasteiger partial charge in [0, 0.05) is 0 Å². The second-order valence-electron chi connectivity index (χ2n) is 6.41. The second-order valence-corrected chi connectivity index (χ2v) is 6.41. The maximum absolute atomic E-state index is 2.51. The lowest BCUT2D eigenvalue weighted by molar-refractivity contribution is -0.0103. The lowest BCUT2D eigenvalue weighted by Gasteiger charge is -2.53. The summed E-state index contributed by atoms with van der Waals surface area (Å²) in [6.07, 6.45) is 10.6. The first-order valence-corrected chi connectivity index (χ1v) is 6.04. The fourth-order valence-corrected chi connectivity index (χ4v) is 3.62. The van der Waals surface area contributed by atoms with Crippen LogP contribution in [-0.2, 0) is 0 Å². The highest BCUT2D eigenvalue weighted by atomic mass is 14.5. The van der Waals surface area contributed by atoms with Crippen molar-refractivity contribution >= 4 is 0 Å². The third-order valence-corrected chi connectivity index (χ3v) is 4.62. The first-order chi connectivity index (χ1) is 6.04. The van der Waals surface area contributed by atoms with Gasteiger partial charge in [-0.25, -0.2) is 0 Å². The van der Waals surface area contributed by atoms with Gasteiger partial charge in [-0.05, 0) is 61.7 Å². The Hall–Kier alpha value is 0. The first-order valence-electron chi connectivity index (χ1n) is 6.04. The molecule has 3 saturated carbocycles. The molecular weight excluding hydrogens is 156 g/mol. The number of hydrogen-bond acceptors (Lipinski definition) is 0. The van der Waals surface area contributed by atoms with Crippen molar-refractivity contribution in [3.8, 4) is 0 Å². The van der Waals surface area contributed by atoms with E-state index in [4.69, 9.17) is 0 Å². The average Bonchev–Trinajstić information content (AvgIpc) is 2.07. The smallest absolute Gasteiger partial charge is 0.0294 e. The maximum atomic E-state index is 2.51. The molecule has 0 saturated heterocycles. The Morgan fingerprint density at radius 2 is 1.38 bits per heavy atom. The molecule has 0 N–H and O–H groups in total. The minimum atomic E-state index is 0.749. The summed E-state index contributed by atoms with van der Waals surface area (Å²) in [7, 11) is 0. The van der Waals surface area contributed by atoms with Crippen LogP contribution in [0.1, 0.15) is 65.7 Å². The summed E-state index contributed by atoms with van der Waals surface area (Å²) in [5, 5.41) is 0. The average molecular weight is 180 g/mol. The van der Waals surface area contributed by atoms with E-state index in [1.165, 1.54) is 44.9 Å². The number of fused-ring (bicyclic) bond motifs is 3. The molecule has 76 valence electrons. The van der Waals surface area contributed by atoms with Gasteiger partial charge in [-0.1, -0.05) is 20.8 Å². The molecule has 3 aliphatic rings. The van der Waals surface area contributed by atoms with Crippen molar-refractivity contribution in [1.82, 2.24) is 0 Å². The lowest BCUT2D eigenvalue weighted by atomic mass is 9.53. The highest BCUT2D eigenvalue weighted by molar-refractivity contribution is 4.97. The summed E-state index contributed by atoms with van der Waals surface area (Å²) >= 11 is 0. The Labute approximate surface area is 83.1 Å². The summed E-state index contributed by atoms with van der Waals surface area (Å²) < 4.78 is 0. The molecule has 0 nitrogen and oxygen atoms in total. The summed E-state index contributed by atoms with van der Waals surface area (Å²) in [5.41, 5.74) is 1.53. The van der Waals surface area contributed by atoms with E-state index in [0.29, 0.717) is 0 Å². The summed E-state index contributed by atoms with van der Waals surface area (Å²) in [6.45, 7) is 7.28. The van der Waals surface area contributed by atoms with Gasteiger partial charge < -0.3 is 0 Å². The van der Waals surface area contributed by atoms with Crippen molar-refractivity contribution < 1.29 is 0 Å². The van der Waals surface area contributed by atoms with E-state index in [9.17, 15) is 0 Å². The second kappa shape index (κ2) is 3.00. The molecule has 0 heteroatoms. The van der Waals surface area contributed by atoms with E-state index in [2.05, 4.69) is 20.8 Å². The van der Waals surface area contributed by atoms with Crippen LogP contribution in [0, 0.1) is 16.7 Å². The molecule has 0 unspecified atom stereocenters. The minimum absolute atomic E-state index is 0.749. The zero-order valence-electron chi connectivity index (χ0n) is 9.53. The van der Waals surface area contributed by atoms with E-state index in [-0.39, 0.29) is 0 Å². The molecule has 0 amide bonds. The van der Waals surface area contributed by atoms with Crippen molar-refractivity contribution in [1.29, 1.82) is 0 Å². The molecule has 13 heavy (non-hydrogen) atoms. The van der Waals surface area contributed by atoms with Crippen LogP contribution in [0.2, 0.25) is 0 Å². The normalized spacial score (nSPS) is 44.3. The van der Waals surface area contributed by atoms with Gasteiger partial charge in [-0.2, -0.15) is 0 Å². The van der Waals surface area contributed by atoms with Gasteiger partial charge in [-0.3, -0.25) is 0 Å². The lowest BCUT2D eigenvalue weighted by Crippen LogP contribution is -2.40. The SMILES string of the molecule is CC(C)CC12CCC(C)(CC1)CC2. The molecule has 0 aromatic rings. The van der Waals surface area contributed by atoms with E-state index >= 15 is 0 Å². The Morgan fingerprint density at radius 1 is 0.923 bits per heavy atom. The molecule has 3 fully saturated rings. The monoisotopic (exact) mass is 180 g/mol. The van der Waals surface area contributed by atoms with Crippen LogP contribution in [0.25, 0.3) is 0 Å². The van der Waals surface area contributed by atoms with Crippen molar-refractivity contribution in [2.45, 2.75) is 65.7 Å². The van der Waals surface area contributed by atoms with Gasteiger partial charge >= 0.3 is 0 Å². The fourth-order valence-electron chi connectivity index (χ4n) is 3.62. The third kappa shape index (κ3) is 1.78. The molecular formula is C13H24. The molecule has 0 aromatic carbocycles. The number of rotatable bonds is 2. The topological polar surface area (TPSA) is 0 Å². The Kier molecular flexibility index (Phi) is 2.20. The number of hydrogen-bond donors (Lipinski definition) is 0. The van der Waals surface area contributed by atoms with Gasteiger partial charge in [0.05, 0.1) is 0 Å². The first kappa shape index (κ1) is 9.55. The van der Waals surface area contributed by atoms with Crippen LogP contribution in [0.5, 0.6) is 0 Å². The minimum Gasteiger partial charge on any atom is -0.0628 e. The molecule has 0 aromatic heterocycles. The van der Waals surface area contributed by atoms with Crippen molar-refractivity contribution in [3.63, 3.8) is 0 Å². The van der Waals surface area contributed by atoms with E-state index in [1.807, 2.05) is 0 Å². The molecule has 2 bridgehead atoms. The van der Waals surface area contributed by atoms with Crippen LogP contribution < -0.4 is 0 Å². The van der Waals surface area contributed by atoms with Gasteiger partial charge in [0.1, 0.15) is 0 Å². The summed E-state index contributed by atoms with van der Waals surface area (Å²) in [6, 6.07) is 0.